The topological polar surface area (TPSA) is 15.3 Å². The van der Waals surface area contributed by atoms with Crippen LogP contribution in [0.4, 0.5) is 0 Å². The zero-order chi connectivity index (χ0) is 14.5. The fraction of sp³-hybridized carbons (Fsp3) is 0.556. The molecule has 0 bridgehead atoms. The Hall–Kier alpha value is -1.44. The van der Waals surface area contributed by atoms with Gasteiger partial charge < -0.3 is 10.2 Å². The minimum atomic E-state index is 0.289. The van der Waals surface area contributed by atoms with E-state index >= 15 is 0 Å². The van der Waals surface area contributed by atoms with Gasteiger partial charge in [0.1, 0.15) is 0 Å². The molecule has 0 aromatic heterocycles. The van der Waals surface area contributed by atoms with E-state index in [9.17, 15) is 0 Å². The second kappa shape index (κ2) is 6.83. The smallest absolute Gasteiger partial charge is 0.0677 e. The third kappa shape index (κ3) is 3.36. The minimum absolute atomic E-state index is 0.289. The Morgan fingerprint density at radius 3 is 2.50 bits per heavy atom. The number of nitrogens with zero attached hydrogens (tertiary/aromatic N) is 1. The van der Waals surface area contributed by atoms with Crippen LogP contribution in [0.15, 0.2) is 49.9 Å². The molecule has 20 heavy (non-hydrogen) atoms. The molecule has 1 saturated carbocycles. The molecule has 110 valence electrons. The molecule has 0 spiro atoms. The molecule has 2 fully saturated rings. The summed E-state index contributed by atoms with van der Waals surface area (Å²) in [5.41, 5.74) is 2.19. The van der Waals surface area contributed by atoms with Crippen molar-refractivity contribution in [2.75, 3.05) is 6.54 Å². The Labute approximate surface area is 123 Å². The lowest BCUT2D eigenvalue weighted by molar-refractivity contribution is 0.272. The summed E-state index contributed by atoms with van der Waals surface area (Å²) < 4.78 is 0. The minimum Gasteiger partial charge on any atom is -0.380 e. The monoisotopic (exact) mass is 272 g/mol. The van der Waals surface area contributed by atoms with Crippen LogP contribution in [-0.4, -0.2) is 23.5 Å². The van der Waals surface area contributed by atoms with Crippen molar-refractivity contribution < 1.29 is 0 Å². The van der Waals surface area contributed by atoms with Crippen LogP contribution in [0.2, 0.25) is 0 Å². The molecule has 0 aromatic carbocycles. The zero-order valence-electron chi connectivity index (χ0n) is 12.6. The summed E-state index contributed by atoms with van der Waals surface area (Å²) in [5.74, 6) is 0.844. The van der Waals surface area contributed by atoms with Crippen LogP contribution in [0.3, 0.4) is 0 Å². The summed E-state index contributed by atoms with van der Waals surface area (Å²) in [6.45, 7) is 17.3. The van der Waals surface area contributed by atoms with E-state index in [1.807, 2.05) is 12.3 Å². The SMILES string of the molecule is C=CC(=C)C(CC1CCC1)NC(=C)C1CCCN1C=C. The van der Waals surface area contributed by atoms with E-state index in [0.717, 1.165) is 36.6 Å². The van der Waals surface area contributed by atoms with Crippen molar-refractivity contribution in [3.05, 3.63) is 49.9 Å². The molecular weight excluding hydrogens is 244 g/mol. The van der Waals surface area contributed by atoms with Crippen LogP contribution in [0, 0.1) is 5.92 Å². The molecular formula is C18H28N2. The summed E-state index contributed by atoms with van der Waals surface area (Å²) in [6.07, 6.45) is 11.4. The highest BCUT2D eigenvalue weighted by molar-refractivity contribution is 5.22. The van der Waals surface area contributed by atoms with E-state index in [1.54, 1.807) is 0 Å². The Kier molecular flexibility index (Phi) is 5.11. The zero-order valence-corrected chi connectivity index (χ0v) is 12.6. The molecule has 2 rings (SSSR count). The summed E-state index contributed by atoms with van der Waals surface area (Å²) >= 11 is 0. The lowest BCUT2D eigenvalue weighted by atomic mass is 9.79. The van der Waals surface area contributed by atoms with Gasteiger partial charge in [-0.3, -0.25) is 0 Å². The highest BCUT2D eigenvalue weighted by Crippen LogP contribution is 2.32. The molecule has 1 aliphatic heterocycles. The van der Waals surface area contributed by atoms with Gasteiger partial charge in [0.15, 0.2) is 0 Å². The maximum absolute atomic E-state index is 4.27. The molecule has 1 saturated heterocycles. The van der Waals surface area contributed by atoms with Crippen molar-refractivity contribution in [2.45, 2.75) is 50.6 Å². The number of nitrogens with one attached hydrogen (secondary N) is 1. The van der Waals surface area contributed by atoms with Crippen molar-refractivity contribution in [3.63, 3.8) is 0 Å². The van der Waals surface area contributed by atoms with Crippen LogP contribution in [0.1, 0.15) is 38.5 Å². The normalized spacial score (nSPS) is 23.8. The molecule has 2 nitrogen and oxygen atoms in total. The maximum atomic E-state index is 4.27. The number of likely N-dealkylation sites (tertiary alicyclic amines) is 1. The van der Waals surface area contributed by atoms with E-state index in [2.05, 4.69) is 36.5 Å². The average molecular weight is 272 g/mol. The fourth-order valence-corrected chi connectivity index (χ4v) is 3.21. The molecule has 2 atom stereocenters. The van der Waals surface area contributed by atoms with Gasteiger partial charge in [0.2, 0.25) is 0 Å². The molecule has 1 N–H and O–H groups in total. The molecule has 2 unspecified atom stereocenters. The van der Waals surface area contributed by atoms with E-state index in [4.69, 9.17) is 0 Å². The first-order chi connectivity index (χ1) is 9.65. The van der Waals surface area contributed by atoms with E-state index in [1.165, 1.54) is 25.7 Å². The van der Waals surface area contributed by atoms with Gasteiger partial charge in [-0.2, -0.15) is 0 Å². The third-order valence-corrected chi connectivity index (χ3v) is 4.79. The number of hydrogen-bond acceptors (Lipinski definition) is 2. The van der Waals surface area contributed by atoms with Gasteiger partial charge in [-0.15, -0.1) is 0 Å². The number of rotatable bonds is 8. The molecule has 1 aliphatic carbocycles. The Bertz CT molecular complexity index is 392. The van der Waals surface area contributed by atoms with Gasteiger partial charge >= 0.3 is 0 Å². The van der Waals surface area contributed by atoms with Crippen LogP contribution in [-0.2, 0) is 0 Å². The predicted molar refractivity (Wildman–Crippen MR) is 87.3 cm³/mol. The summed E-state index contributed by atoms with van der Waals surface area (Å²) in [4.78, 5) is 2.28. The molecule has 0 amide bonds. The highest BCUT2D eigenvalue weighted by atomic mass is 15.2. The standard InChI is InChI=1S/C18H28N2/c1-5-14(3)17(13-16-9-7-10-16)19-15(4)18-11-8-12-20(18)6-2/h5-6,16-19H,1-4,7-13H2. The van der Waals surface area contributed by atoms with E-state index in [0.29, 0.717) is 6.04 Å². The summed E-state index contributed by atoms with van der Waals surface area (Å²) in [5, 5.41) is 3.62. The van der Waals surface area contributed by atoms with E-state index in [-0.39, 0.29) is 6.04 Å². The predicted octanol–water partition coefficient (Wildman–Crippen LogP) is 4.00. The Morgan fingerprint density at radius 2 is 1.95 bits per heavy atom. The van der Waals surface area contributed by atoms with Gasteiger partial charge in [0.25, 0.3) is 0 Å². The van der Waals surface area contributed by atoms with Crippen LogP contribution in [0.25, 0.3) is 0 Å². The second-order valence-corrected chi connectivity index (χ2v) is 6.11. The first-order valence-corrected chi connectivity index (χ1v) is 7.80. The largest absolute Gasteiger partial charge is 0.380 e. The second-order valence-electron chi connectivity index (χ2n) is 6.11. The molecule has 2 aliphatic rings. The van der Waals surface area contributed by atoms with Crippen LogP contribution >= 0.6 is 0 Å². The molecule has 2 heteroatoms. The van der Waals surface area contributed by atoms with E-state index < -0.39 is 0 Å². The third-order valence-electron chi connectivity index (χ3n) is 4.79. The van der Waals surface area contributed by atoms with Crippen LogP contribution in [0.5, 0.6) is 0 Å². The van der Waals surface area contributed by atoms with Gasteiger partial charge in [-0.05, 0) is 37.0 Å². The molecule has 0 aromatic rings. The Morgan fingerprint density at radius 1 is 1.20 bits per heavy atom. The van der Waals surface area contributed by atoms with Crippen molar-refractivity contribution in [3.8, 4) is 0 Å². The highest BCUT2D eigenvalue weighted by Gasteiger charge is 2.27. The van der Waals surface area contributed by atoms with Gasteiger partial charge in [-0.25, -0.2) is 0 Å². The van der Waals surface area contributed by atoms with Crippen molar-refractivity contribution >= 4 is 0 Å². The van der Waals surface area contributed by atoms with Gasteiger partial charge in [-0.1, -0.05) is 51.7 Å². The first kappa shape index (κ1) is 15.0. The summed E-state index contributed by atoms with van der Waals surface area (Å²) in [6, 6.07) is 0.673. The fourth-order valence-electron chi connectivity index (χ4n) is 3.21. The molecule has 0 radical (unpaired) electrons. The van der Waals surface area contributed by atoms with Crippen molar-refractivity contribution in [1.82, 2.24) is 10.2 Å². The van der Waals surface area contributed by atoms with Gasteiger partial charge in [0.05, 0.1) is 12.1 Å². The quantitative estimate of drug-likeness (QED) is 0.672. The van der Waals surface area contributed by atoms with Crippen molar-refractivity contribution in [2.24, 2.45) is 5.92 Å². The average Bonchev–Trinajstić information content (AvgIpc) is 2.88. The van der Waals surface area contributed by atoms with Gasteiger partial charge in [0, 0.05) is 12.2 Å². The van der Waals surface area contributed by atoms with Crippen molar-refractivity contribution in [1.29, 1.82) is 0 Å². The Balaban J connectivity index is 1.95. The molecule has 1 heterocycles. The lowest BCUT2D eigenvalue weighted by Gasteiger charge is -2.33. The first-order valence-electron chi connectivity index (χ1n) is 7.80. The summed E-state index contributed by atoms with van der Waals surface area (Å²) in [7, 11) is 0. The lowest BCUT2D eigenvalue weighted by Crippen LogP contribution is -2.39. The maximum Gasteiger partial charge on any atom is 0.0677 e. The number of hydrogen-bond donors (Lipinski definition) is 1. The van der Waals surface area contributed by atoms with Crippen LogP contribution < -0.4 is 5.32 Å².